The van der Waals surface area contributed by atoms with Gasteiger partial charge in [0.2, 0.25) is 5.88 Å². The molecule has 5 nitrogen and oxygen atoms in total. The number of benzene rings is 2. The summed E-state index contributed by atoms with van der Waals surface area (Å²) in [6.07, 6.45) is -3.85. The Balaban J connectivity index is 1.90. The van der Waals surface area contributed by atoms with Crippen LogP contribution in [-0.2, 0) is 11.0 Å². The topological polar surface area (TPSA) is 75.0 Å². The third-order valence-electron chi connectivity index (χ3n) is 5.11. The van der Waals surface area contributed by atoms with Gasteiger partial charge in [-0.25, -0.2) is 4.98 Å². The average Bonchev–Trinajstić information content (AvgIpc) is 2.75. The van der Waals surface area contributed by atoms with Gasteiger partial charge in [0.25, 0.3) is 5.91 Å². The number of amides is 1. The molecule has 0 fully saturated rings. The number of halogens is 3. The minimum absolute atomic E-state index is 0.106. The smallest absolute Gasteiger partial charge is 0.417 e. The number of rotatable bonds is 5. The first-order valence-electron chi connectivity index (χ1n) is 10.1. The van der Waals surface area contributed by atoms with Gasteiger partial charge in [0.15, 0.2) is 5.60 Å². The largest absolute Gasteiger partial charge is 0.462 e. The van der Waals surface area contributed by atoms with Gasteiger partial charge in [0.05, 0.1) is 22.9 Å². The van der Waals surface area contributed by atoms with Crippen molar-refractivity contribution in [2.75, 3.05) is 5.32 Å². The Morgan fingerprint density at radius 2 is 1.76 bits per heavy atom. The number of nitriles is 1. The molecule has 0 aliphatic rings. The van der Waals surface area contributed by atoms with Crippen LogP contribution in [0.5, 0.6) is 5.88 Å². The lowest BCUT2D eigenvalue weighted by atomic mass is 9.94. The number of hydrogen-bond acceptors (Lipinski definition) is 4. The van der Waals surface area contributed by atoms with E-state index < -0.39 is 23.2 Å². The van der Waals surface area contributed by atoms with Crippen LogP contribution in [0.3, 0.4) is 0 Å². The first-order valence-corrected chi connectivity index (χ1v) is 10.1. The molecule has 8 heteroatoms. The molecule has 0 aliphatic heterocycles. The van der Waals surface area contributed by atoms with E-state index in [0.717, 1.165) is 34.4 Å². The number of aromatic nitrogens is 1. The summed E-state index contributed by atoms with van der Waals surface area (Å²) in [6, 6.07) is 14.9. The molecule has 1 heterocycles. The highest BCUT2D eigenvalue weighted by Gasteiger charge is 2.33. The Morgan fingerprint density at radius 1 is 1.06 bits per heavy atom. The molecular formula is C25H22F3N3O2. The SMILES string of the molecule is Cc1ccc(C)c(-c2cccc(C#N)c2)c1NC(=O)C(C)(C)Oc1ccc(C(F)(F)F)cn1. The number of nitrogens with one attached hydrogen (secondary N) is 1. The Hall–Kier alpha value is -3.86. The number of aryl methyl sites for hydroxylation is 2. The fourth-order valence-corrected chi connectivity index (χ4v) is 3.27. The second kappa shape index (κ2) is 8.94. The highest BCUT2D eigenvalue weighted by atomic mass is 19.4. The highest BCUT2D eigenvalue weighted by Crippen LogP contribution is 2.35. The van der Waals surface area contributed by atoms with E-state index in [-0.39, 0.29) is 5.88 Å². The van der Waals surface area contributed by atoms with Gasteiger partial charge in [-0.3, -0.25) is 4.79 Å². The molecule has 0 aliphatic carbocycles. The fraction of sp³-hybridized carbons (Fsp3) is 0.240. The minimum atomic E-state index is -4.51. The van der Waals surface area contributed by atoms with Gasteiger partial charge < -0.3 is 10.1 Å². The monoisotopic (exact) mass is 453 g/mol. The molecule has 0 unspecified atom stereocenters. The second-order valence-corrected chi connectivity index (χ2v) is 8.09. The van der Waals surface area contributed by atoms with Crippen LogP contribution in [0.2, 0.25) is 0 Å². The van der Waals surface area contributed by atoms with Gasteiger partial charge in [-0.15, -0.1) is 0 Å². The molecule has 2 aromatic carbocycles. The zero-order valence-corrected chi connectivity index (χ0v) is 18.5. The number of carbonyl (C=O) groups excluding carboxylic acids is 1. The minimum Gasteiger partial charge on any atom is -0.462 e. The van der Waals surface area contributed by atoms with Gasteiger partial charge in [0, 0.05) is 17.8 Å². The summed E-state index contributed by atoms with van der Waals surface area (Å²) < 4.78 is 43.9. The lowest BCUT2D eigenvalue weighted by Crippen LogP contribution is -2.43. The molecule has 1 N–H and O–H groups in total. The zero-order valence-electron chi connectivity index (χ0n) is 18.5. The van der Waals surface area contributed by atoms with Crippen molar-refractivity contribution in [3.05, 3.63) is 77.0 Å². The molecule has 3 aromatic rings. The summed E-state index contributed by atoms with van der Waals surface area (Å²) in [5.74, 6) is -0.610. The van der Waals surface area contributed by atoms with E-state index in [1.54, 1.807) is 18.2 Å². The van der Waals surface area contributed by atoms with Crippen molar-refractivity contribution >= 4 is 11.6 Å². The predicted octanol–water partition coefficient (Wildman–Crippen LogP) is 6.05. The number of pyridine rings is 1. The Morgan fingerprint density at radius 3 is 2.36 bits per heavy atom. The zero-order chi connectivity index (χ0) is 24.4. The van der Waals surface area contributed by atoms with Gasteiger partial charge in [-0.2, -0.15) is 18.4 Å². The molecular weight excluding hydrogens is 431 g/mol. The van der Waals surface area contributed by atoms with E-state index in [1.165, 1.54) is 13.8 Å². The summed E-state index contributed by atoms with van der Waals surface area (Å²) in [6.45, 7) is 6.75. The Kier molecular flexibility index (Phi) is 6.45. The summed E-state index contributed by atoms with van der Waals surface area (Å²) in [4.78, 5) is 16.8. The number of alkyl halides is 3. The van der Waals surface area contributed by atoms with Crippen molar-refractivity contribution in [3.8, 4) is 23.1 Å². The lowest BCUT2D eigenvalue weighted by Gasteiger charge is -2.26. The molecule has 1 aromatic heterocycles. The average molecular weight is 453 g/mol. The normalized spacial score (nSPS) is 11.6. The summed E-state index contributed by atoms with van der Waals surface area (Å²) >= 11 is 0. The maximum atomic E-state index is 13.1. The van der Waals surface area contributed by atoms with Crippen molar-refractivity contribution < 1.29 is 22.7 Å². The maximum absolute atomic E-state index is 13.1. The van der Waals surface area contributed by atoms with Gasteiger partial charge in [0.1, 0.15) is 0 Å². The number of anilines is 1. The third kappa shape index (κ3) is 5.32. The number of ether oxygens (including phenoxy) is 1. The molecule has 0 atom stereocenters. The van der Waals surface area contributed by atoms with Crippen molar-refractivity contribution in [1.82, 2.24) is 4.98 Å². The van der Waals surface area contributed by atoms with Gasteiger partial charge in [-0.05, 0) is 62.6 Å². The third-order valence-corrected chi connectivity index (χ3v) is 5.11. The quantitative estimate of drug-likeness (QED) is 0.510. The van der Waals surface area contributed by atoms with Crippen molar-refractivity contribution in [1.29, 1.82) is 5.26 Å². The van der Waals surface area contributed by atoms with E-state index in [9.17, 15) is 23.2 Å². The standard InChI is InChI=1S/C25H22F3N3O2/c1-15-8-9-16(2)22(21(15)18-7-5-6-17(12-18)13-29)31-23(32)24(3,4)33-20-11-10-19(14-30-20)25(26,27)28/h5-12,14H,1-4H3,(H,31,32). The first-order chi connectivity index (χ1) is 15.4. The van der Waals surface area contributed by atoms with E-state index in [4.69, 9.17) is 4.74 Å². The Bertz CT molecular complexity index is 1230. The van der Waals surface area contributed by atoms with Crippen molar-refractivity contribution in [2.45, 2.75) is 39.5 Å². The van der Waals surface area contributed by atoms with Crippen LogP contribution < -0.4 is 10.1 Å². The van der Waals surface area contributed by atoms with Crippen LogP contribution in [0.25, 0.3) is 11.1 Å². The van der Waals surface area contributed by atoms with Crippen LogP contribution in [-0.4, -0.2) is 16.5 Å². The van der Waals surface area contributed by atoms with Crippen LogP contribution in [0.15, 0.2) is 54.7 Å². The fourth-order valence-electron chi connectivity index (χ4n) is 3.27. The van der Waals surface area contributed by atoms with E-state index >= 15 is 0 Å². The first kappa shape index (κ1) is 23.8. The highest BCUT2D eigenvalue weighted by molar-refractivity contribution is 6.01. The molecule has 170 valence electrons. The van der Waals surface area contributed by atoms with E-state index in [0.29, 0.717) is 17.4 Å². The van der Waals surface area contributed by atoms with Crippen molar-refractivity contribution in [2.24, 2.45) is 0 Å². The molecule has 0 spiro atoms. The molecule has 1 amide bonds. The predicted molar refractivity (Wildman–Crippen MR) is 119 cm³/mol. The van der Waals surface area contributed by atoms with Gasteiger partial charge >= 0.3 is 6.18 Å². The van der Waals surface area contributed by atoms with Crippen LogP contribution in [0.1, 0.15) is 36.1 Å². The molecule has 33 heavy (non-hydrogen) atoms. The van der Waals surface area contributed by atoms with Crippen molar-refractivity contribution in [3.63, 3.8) is 0 Å². The Labute approximate surface area is 189 Å². The van der Waals surface area contributed by atoms with E-state index in [2.05, 4.69) is 16.4 Å². The molecule has 0 saturated carbocycles. The number of nitrogens with zero attached hydrogens (tertiary/aromatic N) is 2. The summed E-state index contributed by atoms with van der Waals surface area (Å²) in [7, 11) is 0. The lowest BCUT2D eigenvalue weighted by molar-refractivity contribution is -0.138. The number of carbonyl (C=O) groups is 1. The molecule has 3 rings (SSSR count). The number of hydrogen-bond donors (Lipinski definition) is 1. The second-order valence-electron chi connectivity index (χ2n) is 8.09. The van der Waals surface area contributed by atoms with Crippen LogP contribution in [0.4, 0.5) is 18.9 Å². The molecule has 0 bridgehead atoms. The molecule has 0 saturated heterocycles. The summed E-state index contributed by atoms with van der Waals surface area (Å²) in [5, 5.41) is 12.1. The van der Waals surface area contributed by atoms with Gasteiger partial charge in [-0.1, -0.05) is 24.3 Å². The molecule has 0 radical (unpaired) electrons. The maximum Gasteiger partial charge on any atom is 0.417 e. The summed E-state index contributed by atoms with van der Waals surface area (Å²) in [5.41, 5.74) is 1.95. The van der Waals surface area contributed by atoms with E-state index in [1.807, 2.05) is 32.0 Å². The van der Waals surface area contributed by atoms with Crippen LogP contribution in [0, 0.1) is 25.2 Å². The van der Waals surface area contributed by atoms with Crippen LogP contribution >= 0.6 is 0 Å².